The Morgan fingerprint density at radius 2 is 1.84 bits per heavy atom. The molecular weight excluding hydrogens is 491 g/mol. The molecule has 0 radical (unpaired) electrons. The van der Waals surface area contributed by atoms with Gasteiger partial charge in [0.1, 0.15) is 17.5 Å². The largest absolute Gasteiger partial charge is 0.444 e. The molecule has 0 aliphatic carbocycles. The van der Waals surface area contributed by atoms with Crippen LogP contribution >= 0.6 is 0 Å². The number of nitrogens with zero attached hydrogens (tertiary/aromatic N) is 2. The maximum Gasteiger partial charge on any atom is 0.410 e. The Morgan fingerprint density at radius 3 is 2.45 bits per heavy atom. The first-order chi connectivity index (χ1) is 17.9. The van der Waals surface area contributed by atoms with E-state index in [0.29, 0.717) is 50.0 Å². The zero-order valence-corrected chi connectivity index (χ0v) is 22.7. The van der Waals surface area contributed by atoms with Crippen LogP contribution in [0.1, 0.15) is 77.2 Å². The number of ether oxygens (including phenoxy) is 1. The van der Waals surface area contributed by atoms with Gasteiger partial charge in [0, 0.05) is 31.7 Å². The highest BCUT2D eigenvalue weighted by molar-refractivity contribution is 6.01. The predicted molar refractivity (Wildman–Crippen MR) is 141 cm³/mol. The number of carbonyl (C=O) groups is 3. The number of amides is 3. The average Bonchev–Trinajstić information content (AvgIpc) is 2.84. The summed E-state index contributed by atoms with van der Waals surface area (Å²) in [5.41, 5.74) is -0.0997. The number of benzene rings is 1. The summed E-state index contributed by atoms with van der Waals surface area (Å²) >= 11 is 0. The third-order valence-corrected chi connectivity index (χ3v) is 7.85. The Balaban J connectivity index is 1.21. The van der Waals surface area contributed by atoms with E-state index in [2.05, 4.69) is 15.5 Å². The fourth-order valence-corrected chi connectivity index (χ4v) is 5.50. The van der Waals surface area contributed by atoms with Crippen LogP contribution in [0.3, 0.4) is 0 Å². The smallest absolute Gasteiger partial charge is 0.410 e. The van der Waals surface area contributed by atoms with Crippen molar-refractivity contribution >= 4 is 23.6 Å². The van der Waals surface area contributed by atoms with Gasteiger partial charge in [-0.1, -0.05) is 6.07 Å². The van der Waals surface area contributed by atoms with E-state index in [1.54, 1.807) is 17.0 Å². The van der Waals surface area contributed by atoms with Crippen molar-refractivity contribution in [2.24, 2.45) is 0 Å². The van der Waals surface area contributed by atoms with Crippen molar-refractivity contribution in [2.45, 2.75) is 88.9 Å². The Morgan fingerprint density at radius 1 is 1.16 bits per heavy atom. The number of anilines is 1. The molecule has 1 atom stereocenters. The van der Waals surface area contributed by atoms with Crippen molar-refractivity contribution in [1.29, 1.82) is 0 Å². The SMILES string of the molecule is CC(C)(C)OC(=O)N1CCC(O)(CCN2CCC(c3ccc(NC4CCC(=O)NC4=O)cc3F)CC2)CC1. The molecule has 3 amide bonds. The molecule has 4 rings (SSSR count). The van der Waals surface area contributed by atoms with E-state index in [4.69, 9.17) is 4.74 Å². The highest BCUT2D eigenvalue weighted by atomic mass is 19.1. The number of halogens is 1. The van der Waals surface area contributed by atoms with Gasteiger partial charge in [-0.15, -0.1) is 0 Å². The lowest BCUT2D eigenvalue weighted by Crippen LogP contribution is -2.49. The molecule has 3 aliphatic rings. The molecule has 0 saturated carbocycles. The first-order valence-corrected chi connectivity index (χ1v) is 13.7. The van der Waals surface area contributed by atoms with E-state index in [-0.39, 0.29) is 36.1 Å². The van der Waals surface area contributed by atoms with Crippen molar-refractivity contribution in [3.05, 3.63) is 29.6 Å². The highest BCUT2D eigenvalue weighted by Crippen LogP contribution is 2.33. The molecule has 0 spiro atoms. The number of nitrogens with one attached hydrogen (secondary N) is 2. The van der Waals surface area contributed by atoms with Gasteiger partial charge in [-0.3, -0.25) is 14.9 Å². The van der Waals surface area contributed by atoms with Crippen LogP contribution in [0.25, 0.3) is 0 Å². The van der Waals surface area contributed by atoms with E-state index >= 15 is 0 Å². The summed E-state index contributed by atoms with van der Waals surface area (Å²) in [6.07, 6.45) is 3.72. The topological polar surface area (TPSA) is 111 Å². The molecule has 9 nitrogen and oxygen atoms in total. The zero-order valence-electron chi connectivity index (χ0n) is 22.7. The maximum atomic E-state index is 15.0. The van der Waals surface area contributed by atoms with Gasteiger partial charge in [0.25, 0.3) is 0 Å². The minimum Gasteiger partial charge on any atom is -0.444 e. The van der Waals surface area contributed by atoms with Gasteiger partial charge >= 0.3 is 6.09 Å². The second kappa shape index (κ2) is 11.6. The molecule has 10 heteroatoms. The highest BCUT2D eigenvalue weighted by Gasteiger charge is 2.36. The van der Waals surface area contributed by atoms with Gasteiger partial charge < -0.3 is 25.0 Å². The predicted octanol–water partition coefficient (Wildman–Crippen LogP) is 3.37. The zero-order chi connectivity index (χ0) is 27.5. The number of aliphatic hydroxyl groups is 1. The maximum absolute atomic E-state index is 15.0. The van der Waals surface area contributed by atoms with Gasteiger partial charge in [-0.2, -0.15) is 0 Å². The fourth-order valence-electron chi connectivity index (χ4n) is 5.50. The van der Waals surface area contributed by atoms with Gasteiger partial charge in [0.2, 0.25) is 11.8 Å². The number of hydrogen-bond acceptors (Lipinski definition) is 7. The standard InChI is InChI=1S/C28H41FN4O5/c1-27(2,3)38-26(36)33-16-11-28(37,12-17-33)10-15-32-13-8-19(9-14-32)21-5-4-20(18-22(21)29)30-23-6-7-24(34)31-25(23)35/h4-5,18-19,23,30,37H,6-17H2,1-3H3,(H,31,34,35). The molecule has 38 heavy (non-hydrogen) atoms. The molecule has 1 unspecified atom stereocenters. The minimum atomic E-state index is -0.785. The summed E-state index contributed by atoms with van der Waals surface area (Å²) in [6.45, 7) is 8.95. The molecular formula is C28H41FN4O5. The number of likely N-dealkylation sites (tertiary alicyclic amines) is 2. The van der Waals surface area contributed by atoms with Crippen molar-refractivity contribution in [2.75, 3.05) is 38.0 Å². The van der Waals surface area contributed by atoms with Crippen LogP contribution in [0, 0.1) is 5.82 Å². The van der Waals surface area contributed by atoms with Gasteiger partial charge in [0.05, 0.1) is 5.60 Å². The van der Waals surface area contributed by atoms with Crippen molar-refractivity contribution < 1.29 is 28.6 Å². The molecule has 0 bridgehead atoms. The first-order valence-electron chi connectivity index (χ1n) is 13.7. The molecule has 3 N–H and O–H groups in total. The third kappa shape index (κ3) is 7.44. The Bertz CT molecular complexity index is 1030. The quantitative estimate of drug-likeness (QED) is 0.482. The van der Waals surface area contributed by atoms with E-state index in [9.17, 15) is 23.9 Å². The van der Waals surface area contributed by atoms with Crippen LogP contribution in [0.15, 0.2) is 18.2 Å². The monoisotopic (exact) mass is 532 g/mol. The van der Waals surface area contributed by atoms with Gasteiger partial charge in [-0.25, -0.2) is 9.18 Å². The number of carbonyl (C=O) groups excluding carboxylic acids is 3. The molecule has 1 aromatic carbocycles. The van der Waals surface area contributed by atoms with Gasteiger partial charge in [0.15, 0.2) is 0 Å². The Hall–Kier alpha value is -2.72. The van der Waals surface area contributed by atoms with Crippen LogP contribution in [-0.2, 0) is 14.3 Å². The van der Waals surface area contributed by atoms with Crippen LogP contribution < -0.4 is 10.6 Å². The first kappa shape index (κ1) is 28.3. The normalized spacial score (nSPS) is 23.2. The van der Waals surface area contributed by atoms with Crippen molar-refractivity contribution in [3.63, 3.8) is 0 Å². The Kier molecular flexibility index (Phi) is 8.62. The lowest BCUT2D eigenvalue weighted by molar-refractivity contribution is -0.133. The molecule has 3 aliphatic heterocycles. The number of rotatable bonds is 6. The van der Waals surface area contributed by atoms with Crippen LogP contribution in [-0.4, -0.2) is 82.8 Å². The Labute approximate surface area is 224 Å². The van der Waals surface area contributed by atoms with E-state index in [1.807, 2.05) is 20.8 Å². The molecule has 3 heterocycles. The summed E-state index contributed by atoms with van der Waals surface area (Å²) < 4.78 is 20.4. The number of imide groups is 1. The summed E-state index contributed by atoms with van der Waals surface area (Å²) in [5.74, 6) is -0.821. The summed E-state index contributed by atoms with van der Waals surface area (Å²) in [7, 11) is 0. The number of piperidine rings is 3. The molecule has 1 aromatic rings. The summed E-state index contributed by atoms with van der Waals surface area (Å²) in [6, 6.07) is 4.49. The van der Waals surface area contributed by atoms with Crippen molar-refractivity contribution in [1.82, 2.24) is 15.1 Å². The summed E-state index contributed by atoms with van der Waals surface area (Å²) in [5, 5.41) is 16.4. The second-order valence-electron chi connectivity index (χ2n) is 11.9. The van der Waals surface area contributed by atoms with E-state index in [0.717, 1.165) is 32.5 Å². The fraction of sp³-hybridized carbons (Fsp3) is 0.679. The molecule has 3 saturated heterocycles. The molecule has 210 valence electrons. The average molecular weight is 533 g/mol. The third-order valence-electron chi connectivity index (χ3n) is 7.85. The second-order valence-corrected chi connectivity index (χ2v) is 11.9. The lowest BCUT2D eigenvalue weighted by Gasteiger charge is -2.40. The minimum absolute atomic E-state index is 0.121. The lowest BCUT2D eigenvalue weighted by atomic mass is 9.86. The van der Waals surface area contributed by atoms with E-state index < -0.39 is 17.2 Å². The van der Waals surface area contributed by atoms with Crippen LogP contribution in [0.2, 0.25) is 0 Å². The van der Waals surface area contributed by atoms with Crippen molar-refractivity contribution in [3.8, 4) is 0 Å². The van der Waals surface area contributed by atoms with E-state index in [1.165, 1.54) is 6.07 Å². The van der Waals surface area contributed by atoms with Gasteiger partial charge in [-0.05, 0) is 96.0 Å². The van der Waals surface area contributed by atoms with Crippen LogP contribution in [0.4, 0.5) is 14.9 Å². The molecule has 0 aromatic heterocycles. The van der Waals surface area contributed by atoms with Crippen LogP contribution in [0.5, 0.6) is 0 Å². The summed E-state index contributed by atoms with van der Waals surface area (Å²) in [4.78, 5) is 39.6. The molecule has 3 fully saturated rings. The number of hydrogen-bond donors (Lipinski definition) is 3.